The number of carbonyl (C=O) groups is 1. The van der Waals surface area contributed by atoms with Crippen molar-refractivity contribution in [2.45, 2.75) is 51.6 Å². The highest BCUT2D eigenvalue weighted by Gasteiger charge is 2.25. The molecule has 0 aliphatic heterocycles. The van der Waals surface area contributed by atoms with Crippen molar-refractivity contribution in [1.29, 1.82) is 0 Å². The van der Waals surface area contributed by atoms with E-state index in [1.54, 1.807) is 12.1 Å². The van der Waals surface area contributed by atoms with Gasteiger partial charge in [0, 0.05) is 6.54 Å². The van der Waals surface area contributed by atoms with Gasteiger partial charge < -0.3 is 10.4 Å². The highest BCUT2D eigenvalue weighted by Crippen LogP contribution is 2.18. The molecule has 3 nitrogen and oxygen atoms in total. The summed E-state index contributed by atoms with van der Waals surface area (Å²) < 4.78 is 13.0. The Morgan fingerprint density at radius 1 is 1.30 bits per heavy atom. The maximum atomic E-state index is 13.0. The number of hydrogen-bond donors (Lipinski definition) is 2. The van der Waals surface area contributed by atoms with Gasteiger partial charge in [-0.15, -0.1) is 0 Å². The predicted octanol–water partition coefficient (Wildman–Crippen LogP) is 2.82. The molecular weight excluding hydrogens is 257 g/mol. The van der Waals surface area contributed by atoms with Gasteiger partial charge in [-0.2, -0.15) is 0 Å². The lowest BCUT2D eigenvalue weighted by molar-refractivity contribution is -0.121. The fourth-order valence-electron chi connectivity index (χ4n) is 2.39. The van der Waals surface area contributed by atoms with Crippen molar-refractivity contribution in [1.82, 2.24) is 5.32 Å². The second-order valence-corrected chi connectivity index (χ2v) is 5.31. The third-order valence-electron chi connectivity index (χ3n) is 3.30. The summed E-state index contributed by atoms with van der Waals surface area (Å²) >= 11 is 0. The van der Waals surface area contributed by atoms with E-state index >= 15 is 0 Å². The van der Waals surface area contributed by atoms with Gasteiger partial charge in [-0.3, -0.25) is 4.79 Å². The molecule has 0 saturated carbocycles. The van der Waals surface area contributed by atoms with E-state index in [0.29, 0.717) is 18.4 Å². The Hall–Kier alpha value is -1.42. The number of carbonyl (C=O) groups excluding carboxylic acids is 1. The normalized spacial score (nSPS) is 11.4. The highest BCUT2D eigenvalue weighted by atomic mass is 19.1. The van der Waals surface area contributed by atoms with Crippen LogP contribution < -0.4 is 5.32 Å². The lowest BCUT2D eigenvalue weighted by Gasteiger charge is -2.27. The van der Waals surface area contributed by atoms with Crippen molar-refractivity contribution in [3.05, 3.63) is 35.6 Å². The molecule has 0 heterocycles. The first-order valence-electron chi connectivity index (χ1n) is 7.22. The maximum absolute atomic E-state index is 13.0. The average Bonchev–Trinajstić information content (AvgIpc) is 2.37. The van der Waals surface area contributed by atoms with Crippen LogP contribution in [0.3, 0.4) is 0 Å². The summed E-state index contributed by atoms with van der Waals surface area (Å²) in [4.78, 5) is 11.8. The van der Waals surface area contributed by atoms with Crippen molar-refractivity contribution in [2.75, 3.05) is 6.54 Å². The van der Waals surface area contributed by atoms with E-state index in [4.69, 9.17) is 0 Å². The summed E-state index contributed by atoms with van der Waals surface area (Å²) in [5, 5.41) is 13.1. The highest BCUT2D eigenvalue weighted by molar-refractivity contribution is 5.78. The van der Waals surface area contributed by atoms with E-state index in [9.17, 15) is 14.3 Å². The van der Waals surface area contributed by atoms with Gasteiger partial charge >= 0.3 is 0 Å². The van der Waals surface area contributed by atoms with Crippen LogP contribution in [0.1, 0.15) is 45.1 Å². The number of rotatable bonds is 8. The molecule has 20 heavy (non-hydrogen) atoms. The molecule has 0 atom stereocenters. The van der Waals surface area contributed by atoms with Crippen molar-refractivity contribution in [3.8, 4) is 0 Å². The van der Waals surface area contributed by atoms with Crippen LogP contribution in [0.2, 0.25) is 0 Å². The van der Waals surface area contributed by atoms with Gasteiger partial charge in [-0.25, -0.2) is 4.39 Å². The fraction of sp³-hybridized carbons (Fsp3) is 0.562. The van der Waals surface area contributed by atoms with Crippen LogP contribution in [0.5, 0.6) is 0 Å². The van der Waals surface area contributed by atoms with Gasteiger partial charge in [0.2, 0.25) is 5.91 Å². The fourth-order valence-corrected chi connectivity index (χ4v) is 2.39. The minimum Gasteiger partial charge on any atom is -0.388 e. The summed E-state index contributed by atoms with van der Waals surface area (Å²) in [6, 6.07) is 6.00. The first kappa shape index (κ1) is 16.6. The van der Waals surface area contributed by atoms with Gasteiger partial charge in [0.1, 0.15) is 5.82 Å². The van der Waals surface area contributed by atoms with Gasteiger partial charge in [-0.05, 0) is 30.5 Å². The smallest absolute Gasteiger partial charge is 0.224 e. The summed E-state index contributed by atoms with van der Waals surface area (Å²) in [5.74, 6) is -0.537. The second kappa shape index (κ2) is 8.00. The van der Waals surface area contributed by atoms with Gasteiger partial charge in [0.05, 0.1) is 12.0 Å². The number of benzene rings is 1. The molecule has 1 aromatic carbocycles. The molecule has 4 heteroatoms. The van der Waals surface area contributed by atoms with Crippen molar-refractivity contribution in [3.63, 3.8) is 0 Å². The largest absolute Gasteiger partial charge is 0.388 e. The Morgan fingerprint density at radius 3 is 2.50 bits per heavy atom. The zero-order valence-electron chi connectivity index (χ0n) is 12.3. The molecule has 1 amide bonds. The van der Waals surface area contributed by atoms with E-state index in [0.717, 1.165) is 12.8 Å². The Morgan fingerprint density at radius 2 is 1.95 bits per heavy atom. The molecule has 0 radical (unpaired) electrons. The van der Waals surface area contributed by atoms with Crippen molar-refractivity contribution in [2.24, 2.45) is 0 Å². The summed E-state index contributed by atoms with van der Waals surface area (Å²) in [6.07, 6.45) is 3.21. The quantitative estimate of drug-likeness (QED) is 0.770. The number of halogens is 1. The van der Waals surface area contributed by atoms with Crippen molar-refractivity contribution < 1.29 is 14.3 Å². The number of aliphatic hydroxyl groups is 1. The monoisotopic (exact) mass is 281 g/mol. The van der Waals surface area contributed by atoms with Gasteiger partial charge in [0.25, 0.3) is 0 Å². The van der Waals surface area contributed by atoms with E-state index in [1.165, 1.54) is 12.1 Å². The second-order valence-electron chi connectivity index (χ2n) is 5.31. The predicted molar refractivity (Wildman–Crippen MR) is 77.9 cm³/mol. The Labute approximate surface area is 120 Å². The average molecular weight is 281 g/mol. The molecule has 0 saturated heterocycles. The molecule has 0 spiro atoms. The van der Waals surface area contributed by atoms with E-state index in [2.05, 4.69) is 5.32 Å². The van der Waals surface area contributed by atoms with Gasteiger partial charge in [0.15, 0.2) is 0 Å². The maximum Gasteiger partial charge on any atom is 0.224 e. The minimum absolute atomic E-state index is 0.131. The number of nitrogens with one attached hydrogen (secondary N) is 1. The van der Waals surface area contributed by atoms with Crippen LogP contribution in [-0.4, -0.2) is 23.2 Å². The lowest BCUT2D eigenvalue weighted by atomic mass is 9.92. The lowest BCUT2D eigenvalue weighted by Crippen LogP contribution is -2.43. The molecular formula is C16H24FNO2. The van der Waals surface area contributed by atoms with Crippen LogP contribution in [0, 0.1) is 5.82 Å². The van der Waals surface area contributed by atoms with E-state index < -0.39 is 5.60 Å². The van der Waals surface area contributed by atoms with Crippen LogP contribution in [0.25, 0.3) is 0 Å². The topological polar surface area (TPSA) is 49.3 Å². The zero-order valence-corrected chi connectivity index (χ0v) is 12.3. The third-order valence-corrected chi connectivity index (χ3v) is 3.30. The molecule has 0 aromatic heterocycles. The third kappa shape index (κ3) is 5.70. The molecule has 0 bridgehead atoms. The van der Waals surface area contributed by atoms with Crippen LogP contribution in [0.4, 0.5) is 4.39 Å². The molecule has 1 rings (SSSR count). The Balaban J connectivity index is 2.49. The van der Waals surface area contributed by atoms with Crippen LogP contribution in [-0.2, 0) is 11.2 Å². The summed E-state index contributed by atoms with van der Waals surface area (Å²) in [7, 11) is 0. The van der Waals surface area contributed by atoms with Crippen LogP contribution in [0.15, 0.2) is 24.3 Å². The van der Waals surface area contributed by atoms with E-state index in [1.807, 2.05) is 13.8 Å². The molecule has 112 valence electrons. The van der Waals surface area contributed by atoms with Crippen LogP contribution >= 0.6 is 0 Å². The summed E-state index contributed by atoms with van der Waals surface area (Å²) in [6.45, 7) is 4.27. The molecule has 2 N–H and O–H groups in total. The standard InChI is InChI=1S/C16H24FNO2/c1-3-8-16(20,9-4-2)12-18-15(19)11-13-6-5-7-14(17)10-13/h5-7,10,20H,3-4,8-9,11-12H2,1-2H3,(H,18,19). The summed E-state index contributed by atoms with van der Waals surface area (Å²) in [5.41, 5.74) is -0.196. The number of amides is 1. The number of hydrogen-bond acceptors (Lipinski definition) is 2. The van der Waals surface area contributed by atoms with E-state index in [-0.39, 0.29) is 24.7 Å². The first-order valence-corrected chi connectivity index (χ1v) is 7.22. The molecule has 0 fully saturated rings. The molecule has 0 aliphatic rings. The molecule has 0 unspecified atom stereocenters. The Bertz CT molecular complexity index is 428. The Kier molecular flexibility index (Phi) is 6.65. The first-order chi connectivity index (χ1) is 9.49. The molecule has 1 aromatic rings. The zero-order chi connectivity index (χ0) is 15.0. The SMILES string of the molecule is CCCC(O)(CCC)CNC(=O)Cc1cccc(F)c1. The minimum atomic E-state index is -0.832. The van der Waals surface area contributed by atoms with Gasteiger partial charge in [-0.1, -0.05) is 38.8 Å². The van der Waals surface area contributed by atoms with Crippen molar-refractivity contribution >= 4 is 5.91 Å². The molecule has 0 aliphatic carbocycles.